The fraction of sp³-hybridized carbons (Fsp3) is 0.579. The van der Waals surface area contributed by atoms with Gasteiger partial charge in [0.2, 0.25) is 0 Å². The summed E-state index contributed by atoms with van der Waals surface area (Å²) in [7, 11) is 0. The fourth-order valence-electron chi connectivity index (χ4n) is 2.81. The molecular weight excluding hydrogens is 304 g/mol. The van der Waals surface area contributed by atoms with Crippen molar-refractivity contribution in [1.29, 1.82) is 0 Å². The van der Waals surface area contributed by atoms with Crippen molar-refractivity contribution in [1.82, 2.24) is 10.2 Å². The molecule has 0 unspecified atom stereocenters. The van der Waals surface area contributed by atoms with E-state index in [4.69, 9.17) is 4.74 Å². The molecule has 2 amide bonds. The molecule has 24 heavy (non-hydrogen) atoms. The highest BCUT2D eigenvalue weighted by molar-refractivity contribution is 5.94. The first-order valence-electron chi connectivity index (χ1n) is 8.64. The first-order chi connectivity index (χ1) is 11.3. The summed E-state index contributed by atoms with van der Waals surface area (Å²) in [6.45, 7) is 9.88. The molecule has 1 aromatic rings. The summed E-state index contributed by atoms with van der Waals surface area (Å²) in [4.78, 5) is 25.8. The van der Waals surface area contributed by atoms with E-state index in [9.17, 15) is 9.59 Å². The van der Waals surface area contributed by atoms with Gasteiger partial charge in [-0.1, -0.05) is 32.9 Å². The van der Waals surface area contributed by atoms with Crippen LogP contribution in [-0.4, -0.2) is 42.6 Å². The molecule has 1 N–H and O–H groups in total. The van der Waals surface area contributed by atoms with Crippen LogP contribution in [-0.2, 0) is 10.2 Å². The molecule has 2 rings (SSSR count). The van der Waals surface area contributed by atoms with Crippen molar-refractivity contribution >= 4 is 12.0 Å². The first-order valence-corrected chi connectivity index (χ1v) is 8.64. The summed E-state index contributed by atoms with van der Waals surface area (Å²) in [5.74, 6) is -0.0509. The normalized spacial score (nSPS) is 15.9. The number of carbonyl (C=O) groups is 2. The van der Waals surface area contributed by atoms with Gasteiger partial charge in [-0.25, -0.2) is 4.79 Å². The van der Waals surface area contributed by atoms with Gasteiger partial charge in [-0.3, -0.25) is 4.79 Å². The molecule has 132 valence electrons. The summed E-state index contributed by atoms with van der Waals surface area (Å²) < 4.78 is 5.01. The lowest BCUT2D eigenvalue weighted by Crippen LogP contribution is -2.46. The van der Waals surface area contributed by atoms with Crippen molar-refractivity contribution in [3.8, 4) is 0 Å². The maximum atomic E-state index is 12.4. The molecule has 0 aromatic heterocycles. The Hall–Kier alpha value is -2.04. The molecule has 0 radical (unpaired) electrons. The smallest absolute Gasteiger partial charge is 0.409 e. The topological polar surface area (TPSA) is 58.6 Å². The fourth-order valence-corrected chi connectivity index (χ4v) is 2.81. The van der Waals surface area contributed by atoms with Gasteiger partial charge in [0.25, 0.3) is 5.91 Å². The Morgan fingerprint density at radius 1 is 1.17 bits per heavy atom. The molecule has 5 heteroatoms. The second kappa shape index (κ2) is 7.69. The Labute approximate surface area is 144 Å². The largest absolute Gasteiger partial charge is 0.450 e. The van der Waals surface area contributed by atoms with E-state index in [-0.39, 0.29) is 23.5 Å². The third-order valence-electron chi connectivity index (χ3n) is 4.37. The Morgan fingerprint density at radius 3 is 2.25 bits per heavy atom. The zero-order valence-corrected chi connectivity index (χ0v) is 15.1. The molecule has 0 spiro atoms. The number of hydrogen-bond acceptors (Lipinski definition) is 3. The van der Waals surface area contributed by atoms with Crippen LogP contribution in [0, 0.1) is 0 Å². The molecule has 0 saturated carbocycles. The van der Waals surface area contributed by atoms with Crippen molar-refractivity contribution in [2.24, 2.45) is 0 Å². The Morgan fingerprint density at radius 2 is 1.75 bits per heavy atom. The van der Waals surface area contributed by atoms with Crippen molar-refractivity contribution in [3.05, 3.63) is 35.4 Å². The predicted molar refractivity (Wildman–Crippen MR) is 94.2 cm³/mol. The molecule has 5 nitrogen and oxygen atoms in total. The molecule has 0 atom stereocenters. The van der Waals surface area contributed by atoms with Crippen molar-refractivity contribution in [3.63, 3.8) is 0 Å². The number of hydrogen-bond donors (Lipinski definition) is 1. The Kier molecular flexibility index (Phi) is 5.86. The molecule has 0 aliphatic carbocycles. The molecule has 0 bridgehead atoms. The number of nitrogens with zero attached hydrogens (tertiary/aromatic N) is 1. The third-order valence-corrected chi connectivity index (χ3v) is 4.37. The van der Waals surface area contributed by atoms with E-state index in [1.165, 1.54) is 5.56 Å². The molecule has 1 saturated heterocycles. The van der Waals surface area contributed by atoms with Crippen LogP contribution in [0.15, 0.2) is 24.3 Å². The van der Waals surface area contributed by atoms with Gasteiger partial charge in [0.1, 0.15) is 0 Å². The van der Waals surface area contributed by atoms with Crippen LogP contribution in [0.4, 0.5) is 4.79 Å². The van der Waals surface area contributed by atoms with Crippen LogP contribution in [0.25, 0.3) is 0 Å². The average Bonchev–Trinajstić information content (AvgIpc) is 2.55. The number of amides is 2. The SMILES string of the molecule is CCOC(=O)N1CCC(NC(=O)c2ccc(C(C)(C)C)cc2)CC1. The number of benzene rings is 1. The van der Waals surface area contributed by atoms with E-state index >= 15 is 0 Å². The van der Waals surface area contributed by atoms with Gasteiger partial charge in [-0.15, -0.1) is 0 Å². The summed E-state index contributed by atoms with van der Waals surface area (Å²) in [6, 6.07) is 7.88. The van der Waals surface area contributed by atoms with Crippen LogP contribution in [0.5, 0.6) is 0 Å². The molecule has 1 aliphatic heterocycles. The van der Waals surface area contributed by atoms with E-state index in [1.54, 1.807) is 11.8 Å². The molecular formula is C19H28N2O3. The predicted octanol–water partition coefficient (Wildman–Crippen LogP) is 3.33. The molecule has 1 fully saturated rings. The number of rotatable bonds is 3. The Bertz CT molecular complexity index is 567. The average molecular weight is 332 g/mol. The number of likely N-dealkylation sites (tertiary alicyclic amines) is 1. The summed E-state index contributed by atoms with van der Waals surface area (Å²) in [5.41, 5.74) is 1.96. The minimum absolute atomic E-state index is 0.0509. The van der Waals surface area contributed by atoms with Crippen molar-refractivity contribution in [2.75, 3.05) is 19.7 Å². The van der Waals surface area contributed by atoms with Crippen LogP contribution in [0.2, 0.25) is 0 Å². The monoisotopic (exact) mass is 332 g/mol. The minimum Gasteiger partial charge on any atom is -0.450 e. The highest BCUT2D eigenvalue weighted by Gasteiger charge is 2.25. The van der Waals surface area contributed by atoms with Gasteiger partial charge in [0.15, 0.2) is 0 Å². The van der Waals surface area contributed by atoms with Crippen LogP contribution in [0.3, 0.4) is 0 Å². The zero-order valence-electron chi connectivity index (χ0n) is 15.1. The van der Waals surface area contributed by atoms with Gasteiger partial charge >= 0.3 is 6.09 Å². The molecule has 1 heterocycles. The zero-order chi connectivity index (χ0) is 17.7. The summed E-state index contributed by atoms with van der Waals surface area (Å²) in [6.07, 6.45) is 1.25. The van der Waals surface area contributed by atoms with E-state index in [0.29, 0.717) is 25.3 Å². The quantitative estimate of drug-likeness (QED) is 0.923. The number of carbonyl (C=O) groups excluding carboxylic acids is 2. The molecule has 1 aliphatic rings. The van der Waals surface area contributed by atoms with E-state index < -0.39 is 0 Å². The lowest BCUT2D eigenvalue weighted by Gasteiger charge is -2.31. The van der Waals surface area contributed by atoms with Crippen LogP contribution < -0.4 is 5.32 Å². The highest BCUT2D eigenvalue weighted by Crippen LogP contribution is 2.22. The maximum Gasteiger partial charge on any atom is 0.409 e. The van der Waals surface area contributed by atoms with Crippen molar-refractivity contribution in [2.45, 2.75) is 52.0 Å². The van der Waals surface area contributed by atoms with Gasteiger partial charge in [-0.05, 0) is 42.9 Å². The highest BCUT2D eigenvalue weighted by atomic mass is 16.6. The second-order valence-corrected chi connectivity index (χ2v) is 7.26. The number of piperidine rings is 1. The third kappa shape index (κ3) is 4.73. The van der Waals surface area contributed by atoms with Crippen LogP contribution in [0.1, 0.15) is 56.5 Å². The van der Waals surface area contributed by atoms with Crippen LogP contribution >= 0.6 is 0 Å². The number of ether oxygens (including phenoxy) is 1. The van der Waals surface area contributed by atoms with E-state index in [2.05, 4.69) is 26.1 Å². The minimum atomic E-state index is -0.264. The van der Waals surface area contributed by atoms with Crippen molar-refractivity contribution < 1.29 is 14.3 Å². The second-order valence-electron chi connectivity index (χ2n) is 7.26. The Balaban J connectivity index is 1.86. The van der Waals surface area contributed by atoms with E-state index in [0.717, 1.165) is 12.8 Å². The number of nitrogens with one attached hydrogen (secondary N) is 1. The maximum absolute atomic E-state index is 12.4. The summed E-state index contributed by atoms with van der Waals surface area (Å²) >= 11 is 0. The van der Waals surface area contributed by atoms with Gasteiger partial charge in [0.05, 0.1) is 6.61 Å². The van der Waals surface area contributed by atoms with Gasteiger partial charge in [0, 0.05) is 24.7 Å². The van der Waals surface area contributed by atoms with Gasteiger partial charge < -0.3 is 15.0 Å². The van der Waals surface area contributed by atoms with E-state index in [1.807, 2.05) is 24.3 Å². The lowest BCUT2D eigenvalue weighted by molar-refractivity contribution is 0.0860. The van der Waals surface area contributed by atoms with Gasteiger partial charge in [-0.2, -0.15) is 0 Å². The first kappa shape index (κ1) is 18.3. The summed E-state index contributed by atoms with van der Waals surface area (Å²) in [5, 5.41) is 3.07. The molecule has 1 aromatic carbocycles. The standard InChI is InChI=1S/C19H28N2O3/c1-5-24-18(23)21-12-10-16(11-13-21)20-17(22)14-6-8-15(9-7-14)19(2,3)4/h6-9,16H,5,10-13H2,1-4H3,(H,20,22). The lowest BCUT2D eigenvalue weighted by atomic mass is 9.86.